The van der Waals surface area contributed by atoms with E-state index in [1.165, 1.54) is 64.5 Å². The van der Waals surface area contributed by atoms with Crippen LogP contribution in [-0.2, 0) is 0 Å². The highest BCUT2D eigenvalue weighted by atomic mass is 14.9. The van der Waals surface area contributed by atoms with Crippen LogP contribution in [0.15, 0.2) is 0 Å². The minimum atomic E-state index is 0.718. The van der Waals surface area contributed by atoms with Crippen molar-refractivity contribution >= 4 is 0 Å². The van der Waals surface area contributed by atoms with Crippen molar-refractivity contribution in [3.8, 4) is 0 Å². The Morgan fingerprint density at radius 1 is 1.06 bits per heavy atom. The van der Waals surface area contributed by atoms with E-state index >= 15 is 0 Å². The summed E-state index contributed by atoms with van der Waals surface area (Å²) >= 11 is 0. The van der Waals surface area contributed by atoms with Crippen LogP contribution in [0, 0.1) is 17.3 Å². The summed E-state index contributed by atoms with van der Waals surface area (Å²) in [5.74, 6) is 1.85. The van der Waals surface area contributed by atoms with Gasteiger partial charge in [0.1, 0.15) is 0 Å². The summed E-state index contributed by atoms with van der Waals surface area (Å²) in [4.78, 5) is 0. The van der Waals surface area contributed by atoms with Gasteiger partial charge in [0.05, 0.1) is 0 Å². The van der Waals surface area contributed by atoms with Crippen molar-refractivity contribution < 1.29 is 0 Å². The Morgan fingerprint density at radius 2 is 1.75 bits per heavy atom. The van der Waals surface area contributed by atoms with Gasteiger partial charge in [0.15, 0.2) is 0 Å². The molecule has 2 aliphatic carbocycles. The van der Waals surface area contributed by atoms with E-state index in [2.05, 4.69) is 19.2 Å². The second-order valence-electron chi connectivity index (χ2n) is 6.58. The van der Waals surface area contributed by atoms with Crippen molar-refractivity contribution in [1.82, 2.24) is 5.32 Å². The van der Waals surface area contributed by atoms with Crippen LogP contribution in [0.1, 0.15) is 65.2 Å². The molecule has 0 aromatic carbocycles. The van der Waals surface area contributed by atoms with Gasteiger partial charge in [-0.3, -0.25) is 0 Å². The highest BCUT2D eigenvalue weighted by Gasteiger charge is 2.43. The van der Waals surface area contributed by atoms with Crippen molar-refractivity contribution in [1.29, 1.82) is 0 Å². The first-order chi connectivity index (χ1) is 7.73. The highest BCUT2D eigenvalue weighted by Crippen LogP contribution is 2.51. The van der Waals surface area contributed by atoms with E-state index < -0.39 is 0 Å². The zero-order valence-corrected chi connectivity index (χ0v) is 11.2. The molecule has 0 heterocycles. The lowest BCUT2D eigenvalue weighted by molar-refractivity contribution is 0.0257. The molecular formula is C15H29N. The Bertz CT molecular complexity index is 199. The van der Waals surface area contributed by atoms with E-state index in [0.717, 1.165) is 17.3 Å². The molecule has 2 saturated carbocycles. The predicted molar refractivity (Wildman–Crippen MR) is 70.6 cm³/mol. The highest BCUT2D eigenvalue weighted by molar-refractivity contribution is 4.95. The van der Waals surface area contributed by atoms with Crippen LogP contribution in [0.3, 0.4) is 0 Å². The second kappa shape index (κ2) is 5.53. The Balaban J connectivity index is 1.81. The summed E-state index contributed by atoms with van der Waals surface area (Å²) in [6.07, 6.45) is 12.0. The fourth-order valence-corrected chi connectivity index (χ4v) is 3.69. The SMILES string of the molecule is CC(C)CNCC1(C2CCCCC2)CCC1. The Kier molecular flexibility index (Phi) is 4.29. The van der Waals surface area contributed by atoms with E-state index in [4.69, 9.17) is 0 Å². The van der Waals surface area contributed by atoms with Gasteiger partial charge in [-0.2, -0.15) is 0 Å². The first kappa shape index (κ1) is 12.4. The largest absolute Gasteiger partial charge is 0.316 e. The zero-order chi connectivity index (χ0) is 11.4. The fourth-order valence-electron chi connectivity index (χ4n) is 3.69. The van der Waals surface area contributed by atoms with Gasteiger partial charge in [-0.1, -0.05) is 39.5 Å². The van der Waals surface area contributed by atoms with Gasteiger partial charge in [-0.25, -0.2) is 0 Å². The fraction of sp³-hybridized carbons (Fsp3) is 1.00. The predicted octanol–water partition coefficient (Wildman–Crippen LogP) is 3.98. The van der Waals surface area contributed by atoms with Crippen molar-refractivity contribution in [3.63, 3.8) is 0 Å². The maximum absolute atomic E-state index is 3.72. The van der Waals surface area contributed by atoms with Gasteiger partial charge in [0, 0.05) is 6.54 Å². The molecule has 0 aromatic heterocycles. The number of nitrogens with one attached hydrogen (secondary N) is 1. The van der Waals surface area contributed by atoms with Crippen LogP contribution in [0.2, 0.25) is 0 Å². The Labute approximate surface area is 101 Å². The molecule has 0 spiro atoms. The molecule has 0 saturated heterocycles. The van der Waals surface area contributed by atoms with Crippen molar-refractivity contribution in [2.24, 2.45) is 17.3 Å². The lowest BCUT2D eigenvalue weighted by Gasteiger charge is -2.50. The molecular weight excluding hydrogens is 194 g/mol. The van der Waals surface area contributed by atoms with E-state index in [-0.39, 0.29) is 0 Å². The standard InChI is InChI=1S/C15H29N/c1-13(2)11-16-12-15(9-6-10-15)14-7-4-3-5-8-14/h13-14,16H,3-12H2,1-2H3. The minimum absolute atomic E-state index is 0.718. The summed E-state index contributed by atoms with van der Waals surface area (Å²) in [5, 5.41) is 3.72. The summed E-state index contributed by atoms with van der Waals surface area (Å²) in [6, 6.07) is 0. The van der Waals surface area contributed by atoms with Gasteiger partial charge < -0.3 is 5.32 Å². The molecule has 2 fully saturated rings. The number of hydrogen-bond acceptors (Lipinski definition) is 1. The molecule has 0 unspecified atom stereocenters. The van der Waals surface area contributed by atoms with Crippen LogP contribution >= 0.6 is 0 Å². The second-order valence-corrected chi connectivity index (χ2v) is 6.58. The molecule has 94 valence electrons. The third kappa shape index (κ3) is 2.80. The molecule has 2 aliphatic rings. The third-order valence-corrected chi connectivity index (χ3v) is 4.85. The maximum Gasteiger partial charge on any atom is 0.00106 e. The van der Waals surface area contributed by atoms with Gasteiger partial charge in [-0.15, -0.1) is 0 Å². The van der Waals surface area contributed by atoms with Crippen LogP contribution in [0.4, 0.5) is 0 Å². The van der Waals surface area contributed by atoms with Crippen LogP contribution in [-0.4, -0.2) is 13.1 Å². The number of hydrogen-bond donors (Lipinski definition) is 1. The van der Waals surface area contributed by atoms with E-state index in [1.807, 2.05) is 0 Å². The summed E-state index contributed by atoms with van der Waals surface area (Å²) in [7, 11) is 0. The van der Waals surface area contributed by atoms with E-state index in [9.17, 15) is 0 Å². The van der Waals surface area contributed by atoms with Crippen molar-refractivity contribution in [2.45, 2.75) is 65.2 Å². The van der Waals surface area contributed by atoms with E-state index in [0.29, 0.717) is 0 Å². The molecule has 0 bridgehead atoms. The average Bonchev–Trinajstić information content (AvgIpc) is 2.23. The summed E-state index contributed by atoms with van der Waals surface area (Å²) < 4.78 is 0. The third-order valence-electron chi connectivity index (χ3n) is 4.85. The Morgan fingerprint density at radius 3 is 2.25 bits per heavy atom. The topological polar surface area (TPSA) is 12.0 Å². The van der Waals surface area contributed by atoms with Gasteiger partial charge in [-0.05, 0) is 49.5 Å². The molecule has 16 heavy (non-hydrogen) atoms. The normalized spacial score (nSPS) is 25.7. The summed E-state index contributed by atoms with van der Waals surface area (Å²) in [6.45, 7) is 7.12. The first-order valence-electron chi connectivity index (χ1n) is 7.44. The molecule has 0 aromatic rings. The smallest absolute Gasteiger partial charge is 0.00106 e. The maximum atomic E-state index is 3.72. The first-order valence-corrected chi connectivity index (χ1v) is 7.44. The molecule has 0 amide bonds. The molecule has 0 aliphatic heterocycles. The lowest BCUT2D eigenvalue weighted by atomic mass is 9.57. The van der Waals surface area contributed by atoms with Crippen LogP contribution in [0.25, 0.3) is 0 Å². The zero-order valence-electron chi connectivity index (χ0n) is 11.2. The monoisotopic (exact) mass is 223 g/mol. The molecule has 1 nitrogen and oxygen atoms in total. The number of rotatable bonds is 5. The molecule has 0 atom stereocenters. The average molecular weight is 223 g/mol. The lowest BCUT2D eigenvalue weighted by Crippen LogP contribution is -2.46. The molecule has 2 rings (SSSR count). The van der Waals surface area contributed by atoms with Crippen molar-refractivity contribution in [3.05, 3.63) is 0 Å². The van der Waals surface area contributed by atoms with Crippen LogP contribution < -0.4 is 5.32 Å². The van der Waals surface area contributed by atoms with Gasteiger partial charge in [0.25, 0.3) is 0 Å². The van der Waals surface area contributed by atoms with Gasteiger partial charge in [0.2, 0.25) is 0 Å². The molecule has 1 N–H and O–H groups in total. The molecule has 0 radical (unpaired) electrons. The summed E-state index contributed by atoms with van der Waals surface area (Å²) in [5.41, 5.74) is 0.718. The minimum Gasteiger partial charge on any atom is -0.316 e. The van der Waals surface area contributed by atoms with Crippen molar-refractivity contribution in [2.75, 3.05) is 13.1 Å². The van der Waals surface area contributed by atoms with Crippen LogP contribution in [0.5, 0.6) is 0 Å². The quantitative estimate of drug-likeness (QED) is 0.743. The van der Waals surface area contributed by atoms with Gasteiger partial charge >= 0.3 is 0 Å². The molecule has 1 heteroatoms. The Hall–Kier alpha value is -0.0400. The van der Waals surface area contributed by atoms with E-state index in [1.54, 1.807) is 0 Å².